The molecule has 0 aliphatic carbocycles. The van der Waals surface area contributed by atoms with Crippen LogP contribution < -0.4 is 14.9 Å². The van der Waals surface area contributed by atoms with E-state index < -0.39 is 10.0 Å². The van der Waals surface area contributed by atoms with E-state index in [1.165, 1.54) is 17.1 Å². The average Bonchev–Trinajstić information content (AvgIpc) is 2.98. The van der Waals surface area contributed by atoms with Gasteiger partial charge in [0.1, 0.15) is 10.9 Å². The summed E-state index contributed by atoms with van der Waals surface area (Å²) in [5, 5.41) is 6.71. The Balaban J connectivity index is 1.71. The molecule has 0 spiro atoms. The van der Waals surface area contributed by atoms with Gasteiger partial charge < -0.3 is 10.2 Å². The zero-order valence-corrected chi connectivity index (χ0v) is 14.2. The SMILES string of the molecule is C[C@@H]1C(=O)Nc2ccccc2N1CCNS(=O)(=O)c1cnn(C)c1. The summed E-state index contributed by atoms with van der Waals surface area (Å²) in [7, 11) is -1.95. The van der Waals surface area contributed by atoms with Gasteiger partial charge in [-0.05, 0) is 19.1 Å². The Bertz CT molecular complexity index is 861. The molecule has 8 nitrogen and oxygen atoms in total. The van der Waals surface area contributed by atoms with E-state index in [2.05, 4.69) is 15.1 Å². The van der Waals surface area contributed by atoms with Crippen molar-refractivity contribution >= 4 is 27.3 Å². The zero-order valence-electron chi connectivity index (χ0n) is 13.4. The second-order valence-corrected chi connectivity index (χ2v) is 7.39. The Hall–Kier alpha value is -2.39. The predicted octanol–water partition coefficient (Wildman–Crippen LogP) is 0.546. The van der Waals surface area contributed by atoms with Crippen molar-refractivity contribution in [3.05, 3.63) is 36.7 Å². The molecule has 0 saturated carbocycles. The van der Waals surface area contributed by atoms with Crippen molar-refractivity contribution in [1.29, 1.82) is 0 Å². The Morgan fingerprint density at radius 2 is 2.08 bits per heavy atom. The number of rotatable bonds is 5. The zero-order chi connectivity index (χ0) is 17.3. The van der Waals surface area contributed by atoms with Crippen LogP contribution in [0.25, 0.3) is 0 Å². The largest absolute Gasteiger partial charge is 0.357 e. The molecule has 0 radical (unpaired) electrons. The molecule has 0 saturated heterocycles. The standard InChI is InChI=1S/C15H19N5O3S/c1-11-15(21)18-13-5-3-4-6-14(13)20(11)8-7-17-24(22,23)12-9-16-19(2)10-12/h3-6,9-11,17H,7-8H2,1-2H3,(H,18,21)/t11-/m1/s1. The van der Waals surface area contributed by atoms with E-state index in [9.17, 15) is 13.2 Å². The fourth-order valence-electron chi connectivity index (χ4n) is 2.65. The minimum absolute atomic E-state index is 0.108. The van der Waals surface area contributed by atoms with E-state index in [0.717, 1.165) is 11.4 Å². The maximum absolute atomic E-state index is 12.2. The van der Waals surface area contributed by atoms with Crippen molar-refractivity contribution in [2.24, 2.45) is 7.05 Å². The van der Waals surface area contributed by atoms with Crippen molar-refractivity contribution in [2.75, 3.05) is 23.3 Å². The Morgan fingerprint density at radius 1 is 1.33 bits per heavy atom. The van der Waals surface area contributed by atoms with Gasteiger partial charge in [0.05, 0.1) is 17.6 Å². The van der Waals surface area contributed by atoms with Gasteiger partial charge in [0.25, 0.3) is 0 Å². The Morgan fingerprint density at radius 3 is 2.79 bits per heavy atom. The molecule has 128 valence electrons. The molecule has 2 heterocycles. The number of carbonyl (C=O) groups is 1. The molecule has 1 aliphatic rings. The Labute approximate surface area is 140 Å². The molecule has 2 aromatic rings. The van der Waals surface area contributed by atoms with Gasteiger partial charge in [0, 0.05) is 26.3 Å². The topological polar surface area (TPSA) is 96.3 Å². The molecule has 24 heavy (non-hydrogen) atoms. The summed E-state index contributed by atoms with van der Waals surface area (Å²) in [5.41, 5.74) is 1.61. The smallest absolute Gasteiger partial charge is 0.246 e. The molecule has 0 bridgehead atoms. The fraction of sp³-hybridized carbons (Fsp3) is 0.333. The number of fused-ring (bicyclic) bond motifs is 1. The van der Waals surface area contributed by atoms with Crippen LogP contribution in [0.1, 0.15) is 6.92 Å². The van der Waals surface area contributed by atoms with Crippen molar-refractivity contribution in [3.8, 4) is 0 Å². The molecule has 1 aliphatic heterocycles. The third kappa shape index (κ3) is 3.13. The summed E-state index contributed by atoms with van der Waals surface area (Å²) < 4.78 is 28.4. The summed E-state index contributed by atoms with van der Waals surface area (Å²) >= 11 is 0. The highest BCUT2D eigenvalue weighted by Gasteiger charge is 2.29. The van der Waals surface area contributed by atoms with E-state index in [1.807, 2.05) is 29.2 Å². The van der Waals surface area contributed by atoms with Gasteiger partial charge in [-0.2, -0.15) is 5.10 Å². The van der Waals surface area contributed by atoms with Crippen LogP contribution in [0.15, 0.2) is 41.6 Å². The number of benzene rings is 1. The number of aryl methyl sites for hydroxylation is 1. The van der Waals surface area contributed by atoms with Gasteiger partial charge in [-0.15, -0.1) is 0 Å². The number of para-hydroxylation sites is 2. The van der Waals surface area contributed by atoms with Crippen molar-refractivity contribution in [1.82, 2.24) is 14.5 Å². The molecular formula is C15H19N5O3S. The lowest BCUT2D eigenvalue weighted by Crippen LogP contribution is -2.48. The molecule has 1 atom stereocenters. The minimum atomic E-state index is -3.61. The van der Waals surface area contributed by atoms with Crippen LogP contribution >= 0.6 is 0 Å². The number of hydrogen-bond donors (Lipinski definition) is 2. The van der Waals surface area contributed by atoms with Crippen LogP contribution in [0.2, 0.25) is 0 Å². The first-order chi connectivity index (χ1) is 11.4. The summed E-state index contributed by atoms with van der Waals surface area (Å²) in [5.74, 6) is -0.108. The minimum Gasteiger partial charge on any atom is -0.357 e. The quantitative estimate of drug-likeness (QED) is 0.822. The van der Waals surface area contributed by atoms with Crippen LogP contribution in [0.4, 0.5) is 11.4 Å². The second-order valence-electron chi connectivity index (χ2n) is 5.62. The first-order valence-electron chi connectivity index (χ1n) is 7.53. The van der Waals surface area contributed by atoms with E-state index in [0.29, 0.717) is 6.54 Å². The molecule has 1 amide bonds. The third-order valence-corrected chi connectivity index (χ3v) is 5.37. The number of amides is 1. The van der Waals surface area contributed by atoms with Crippen LogP contribution in [0.3, 0.4) is 0 Å². The van der Waals surface area contributed by atoms with E-state index in [-0.39, 0.29) is 23.4 Å². The number of sulfonamides is 1. The predicted molar refractivity (Wildman–Crippen MR) is 90.3 cm³/mol. The monoisotopic (exact) mass is 349 g/mol. The van der Waals surface area contributed by atoms with Crippen molar-refractivity contribution in [3.63, 3.8) is 0 Å². The molecule has 1 aromatic heterocycles. The van der Waals surface area contributed by atoms with Gasteiger partial charge in [-0.3, -0.25) is 9.48 Å². The molecule has 1 aromatic carbocycles. The molecule has 0 fully saturated rings. The van der Waals surface area contributed by atoms with Crippen molar-refractivity contribution < 1.29 is 13.2 Å². The number of aromatic nitrogens is 2. The summed E-state index contributed by atoms with van der Waals surface area (Å²) in [6, 6.07) is 7.09. The van der Waals surface area contributed by atoms with Gasteiger partial charge >= 0.3 is 0 Å². The molecular weight excluding hydrogens is 330 g/mol. The highest BCUT2D eigenvalue weighted by Crippen LogP contribution is 2.31. The number of carbonyl (C=O) groups excluding carboxylic acids is 1. The van der Waals surface area contributed by atoms with Crippen molar-refractivity contribution in [2.45, 2.75) is 17.9 Å². The number of nitrogens with one attached hydrogen (secondary N) is 2. The molecule has 9 heteroatoms. The lowest BCUT2D eigenvalue weighted by molar-refractivity contribution is -0.117. The van der Waals surface area contributed by atoms with Crippen LogP contribution in [0.5, 0.6) is 0 Å². The summed E-state index contributed by atoms with van der Waals surface area (Å²) in [4.78, 5) is 14.1. The molecule has 2 N–H and O–H groups in total. The van der Waals surface area contributed by atoms with E-state index >= 15 is 0 Å². The maximum atomic E-state index is 12.2. The fourth-order valence-corrected chi connectivity index (χ4v) is 3.66. The van der Waals surface area contributed by atoms with Gasteiger partial charge in [-0.25, -0.2) is 13.1 Å². The van der Waals surface area contributed by atoms with Crippen LogP contribution in [-0.4, -0.2) is 43.2 Å². The highest BCUT2D eigenvalue weighted by atomic mass is 32.2. The average molecular weight is 349 g/mol. The maximum Gasteiger partial charge on any atom is 0.246 e. The molecule has 0 unspecified atom stereocenters. The highest BCUT2D eigenvalue weighted by molar-refractivity contribution is 7.89. The number of anilines is 2. The van der Waals surface area contributed by atoms with Crippen LogP contribution in [-0.2, 0) is 21.9 Å². The lowest BCUT2D eigenvalue weighted by atomic mass is 10.1. The molecule has 3 rings (SSSR count). The number of hydrogen-bond acceptors (Lipinski definition) is 5. The van der Waals surface area contributed by atoms with Gasteiger partial charge in [-0.1, -0.05) is 12.1 Å². The first-order valence-corrected chi connectivity index (χ1v) is 9.01. The Kier molecular flexibility index (Phi) is 4.29. The van der Waals surface area contributed by atoms with E-state index in [1.54, 1.807) is 14.0 Å². The third-order valence-electron chi connectivity index (χ3n) is 3.95. The van der Waals surface area contributed by atoms with Crippen LogP contribution in [0, 0.1) is 0 Å². The number of nitrogens with zero attached hydrogens (tertiary/aromatic N) is 3. The second kappa shape index (κ2) is 6.25. The van der Waals surface area contributed by atoms with Gasteiger partial charge in [0.15, 0.2) is 0 Å². The lowest BCUT2D eigenvalue weighted by Gasteiger charge is -2.36. The van der Waals surface area contributed by atoms with E-state index in [4.69, 9.17) is 0 Å². The normalized spacial score (nSPS) is 17.5. The first kappa shape index (κ1) is 16.5. The van der Waals surface area contributed by atoms with Gasteiger partial charge in [0.2, 0.25) is 15.9 Å². The summed E-state index contributed by atoms with van der Waals surface area (Å²) in [6.45, 7) is 2.36. The summed E-state index contributed by atoms with van der Waals surface area (Å²) in [6.07, 6.45) is 2.74.